The molecule has 0 N–H and O–H groups in total. The van der Waals surface area contributed by atoms with Crippen LogP contribution in [0.4, 0.5) is 0 Å². The third-order valence-corrected chi connectivity index (χ3v) is 8.98. The Bertz CT molecular complexity index is 1510. The van der Waals surface area contributed by atoms with E-state index in [1.165, 1.54) is 52.8 Å². The van der Waals surface area contributed by atoms with Crippen molar-refractivity contribution in [3.8, 4) is 22.3 Å². The third-order valence-electron chi connectivity index (χ3n) is 6.68. The zero-order valence-electron chi connectivity index (χ0n) is 18.6. The van der Waals surface area contributed by atoms with Crippen LogP contribution in [-0.4, -0.2) is 9.97 Å². The number of nitrogens with zero attached hydrogens (tertiary/aromatic N) is 2. The van der Waals surface area contributed by atoms with Gasteiger partial charge in [0.25, 0.3) is 0 Å². The molecule has 4 aromatic carbocycles. The SMILES string of the molecule is c1ccc(CCc2nc3ccc4c(c3s2)-c2ccc3nc(CCc5ccccc5)sc3c2-4)cc1. The van der Waals surface area contributed by atoms with Crippen molar-refractivity contribution in [2.75, 3.05) is 0 Å². The lowest BCUT2D eigenvalue weighted by Gasteiger charge is -2.24. The van der Waals surface area contributed by atoms with E-state index in [1.54, 1.807) is 0 Å². The summed E-state index contributed by atoms with van der Waals surface area (Å²) in [6.07, 6.45) is 4.05. The van der Waals surface area contributed by atoms with Crippen LogP contribution < -0.4 is 0 Å². The second-order valence-electron chi connectivity index (χ2n) is 8.86. The van der Waals surface area contributed by atoms with Gasteiger partial charge in [0.15, 0.2) is 0 Å². The van der Waals surface area contributed by atoms with Gasteiger partial charge in [-0.2, -0.15) is 0 Å². The first kappa shape index (κ1) is 20.1. The van der Waals surface area contributed by atoms with E-state index in [2.05, 4.69) is 84.9 Å². The lowest BCUT2D eigenvalue weighted by atomic mass is 9.80. The van der Waals surface area contributed by atoms with E-state index < -0.39 is 0 Å². The maximum atomic E-state index is 4.96. The van der Waals surface area contributed by atoms with Gasteiger partial charge in [-0.3, -0.25) is 0 Å². The van der Waals surface area contributed by atoms with Crippen LogP contribution in [0.3, 0.4) is 0 Å². The van der Waals surface area contributed by atoms with Crippen molar-refractivity contribution < 1.29 is 0 Å². The first-order valence-electron chi connectivity index (χ1n) is 11.8. The number of thiazole rings is 2. The summed E-state index contributed by atoms with van der Waals surface area (Å²) in [5, 5.41) is 2.45. The second-order valence-corrected chi connectivity index (χ2v) is 11.0. The molecule has 4 heteroatoms. The minimum absolute atomic E-state index is 0.990. The van der Waals surface area contributed by atoms with Crippen molar-refractivity contribution in [2.24, 2.45) is 0 Å². The van der Waals surface area contributed by atoms with Gasteiger partial charge in [0.2, 0.25) is 0 Å². The number of fused-ring (bicyclic) bond motifs is 8. The number of hydrogen-bond donors (Lipinski definition) is 0. The summed E-state index contributed by atoms with van der Waals surface area (Å²) < 4.78 is 2.67. The van der Waals surface area contributed by atoms with Crippen LogP contribution in [0.25, 0.3) is 42.7 Å². The summed E-state index contributed by atoms with van der Waals surface area (Å²) in [5.74, 6) is 0. The molecule has 0 saturated carbocycles. The molecule has 0 fully saturated rings. The predicted octanol–water partition coefficient (Wildman–Crippen LogP) is 8.12. The zero-order valence-corrected chi connectivity index (χ0v) is 20.3. The van der Waals surface area contributed by atoms with Crippen molar-refractivity contribution in [1.82, 2.24) is 9.97 Å². The van der Waals surface area contributed by atoms with Crippen LogP contribution in [-0.2, 0) is 25.7 Å². The predicted molar refractivity (Wildman–Crippen MR) is 145 cm³/mol. The molecule has 2 heterocycles. The van der Waals surface area contributed by atoms with E-state index in [0.29, 0.717) is 0 Å². The van der Waals surface area contributed by atoms with E-state index in [1.807, 2.05) is 22.7 Å². The monoisotopic (exact) mass is 474 g/mol. The number of rotatable bonds is 6. The molecule has 0 unspecified atom stereocenters. The fourth-order valence-corrected chi connectivity index (χ4v) is 7.22. The number of benzene rings is 4. The average Bonchev–Trinajstić information content (AvgIpc) is 3.47. The van der Waals surface area contributed by atoms with Gasteiger partial charge < -0.3 is 0 Å². The highest BCUT2D eigenvalue weighted by atomic mass is 32.1. The van der Waals surface area contributed by atoms with E-state index >= 15 is 0 Å². The van der Waals surface area contributed by atoms with E-state index in [9.17, 15) is 0 Å². The molecule has 0 bridgehead atoms. The lowest BCUT2D eigenvalue weighted by molar-refractivity contribution is 0.949. The Morgan fingerprint density at radius 2 is 0.912 bits per heavy atom. The summed E-state index contributed by atoms with van der Waals surface area (Å²) in [4.78, 5) is 9.93. The molecule has 6 aromatic rings. The molecular formula is C30H22N2S2. The quantitative estimate of drug-likeness (QED) is 0.243. The van der Waals surface area contributed by atoms with Gasteiger partial charge in [-0.15, -0.1) is 22.7 Å². The van der Waals surface area contributed by atoms with E-state index in [4.69, 9.17) is 9.97 Å². The number of aromatic nitrogens is 2. The standard InChI is InChI=1S/C30H22N2S2/c1-3-7-19(8-4-1)11-17-25-31-23-15-13-21-27(29(23)33-25)22-14-16-24-30(28(21)22)34-26(32-24)18-12-20-9-5-2-6-10-20/h1-10,13-16H,11-12,17-18H2. The van der Waals surface area contributed by atoms with Gasteiger partial charge in [0.05, 0.1) is 30.4 Å². The van der Waals surface area contributed by atoms with Crippen LogP contribution in [0.2, 0.25) is 0 Å². The Morgan fingerprint density at radius 3 is 1.35 bits per heavy atom. The first-order chi connectivity index (χ1) is 16.8. The van der Waals surface area contributed by atoms with Gasteiger partial charge in [-0.1, -0.05) is 72.8 Å². The molecule has 0 atom stereocenters. The number of hydrogen-bond acceptors (Lipinski definition) is 4. The summed E-state index contributed by atoms with van der Waals surface area (Å²) in [6, 6.07) is 30.3. The van der Waals surface area contributed by atoms with Gasteiger partial charge in [0.1, 0.15) is 0 Å². The molecule has 34 heavy (non-hydrogen) atoms. The Kier molecular flexibility index (Phi) is 4.81. The maximum Gasteiger partial charge on any atom is 0.0942 e. The highest BCUT2D eigenvalue weighted by Crippen LogP contribution is 2.55. The van der Waals surface area contributed by atoms with Crippen molar-refractivity contribution in [3.05, 3.63) is 106 Å². The Hall–Kier alpha value is -3.34. The van der Waals surface area contributed by atoms with Crippen LogP contribution in [0.1, 0.15) is 21.1 Å². The summed E-state index contributed by atoms with van der Waals surface area (Å²) >= 11 is 3.73. The first-order valence-corrected chi connectivity index (χ1v) is 13.4. The van der Waals surface area contributed by atoms with Crippen LogP contribution in [0.5, 0.6) is 0 Å². The van der Waals surface area contributed by atoms with Crippen molar-refractivity contribution in [2.45, 2.75) is 25.7 Å². The molecule has 0 aliphatic heterocycles. The summed E-state index contributed by atoms with van der Waals surface area (Å²) in [5.41, 5.74) is 10.5. The van der Waals surface area contributed by atoms with Gasteiger partial charge in [0, 0.05) is 24.0 Å². The molecule has 1 aliphatic carbocycles. The van der Waals surface area contributed by atoms with Gasteiger partial charge >= 0.3 is 0 Å². The Labute approximate surface area is 206 Å². The highest BCUT2D eigenvalue weighted by Gasteiger charge is 2.29. The molecule has 0 radical (unpaired) electrons. The maximum absolute atomic E-state index is 4.96. The third kappa shape index (κ3) is 3.37. The largest absolute Gasteiger partial charge is 0.241 e. The number of aryl methyl sites for hydroxylation is 4. The molecule has 164 valence electrons. The highest BCUT2D eigenvalue weighted by molar-refractivity contribution is 7.20. The molecule has 0 saturated heterocycles. The average molecular weight is 475 g/mol. The van der Waals surface area contributed by atoms with Crippen LogP contribution >= 0.6 is 22.7 Å². The van der Waals surface area contributed by atoms with Gasteiger partial charge in [-0.25, -0.2) is 9.97 Å². The normalized spacial score (nSPS) is 12.0. The lowest BCUT2D eigenvalue weighted by Crippen LogP contribution is -1.98. The topological polar surface area (TPSA) is 25.8 Å². The van der Waals surface area contributed by atoms with Gasteiger partial charge in [-0.05, 0) is 47.2 Å². The fraction of sp³-hybridized carbons (Fsp3) is 0.133. The summed E-state index contributed by atoms with van der Waals surface area (Å²) in [7, 11) is 0. The van der Waals surface area contributed by atoms with Crippen LogP contribution in [0, 0.1) is 0 Å². The van der Waals surface area contributed by atoms with E-state index in [-0.39, 0.29) is 0 Å². The summed E-state index contributed by atoms with van der Waals surface area (Å²) in [6.45, 7) is 0. The van der Waals surface area contributed by atoms with Crippen molar-refractivity contribution in [1.29, 1.82) is 0 Å². The molecule has 7 rings (SSSR count). The Balaban J connectivity index is 1.19. The van der Waals surface area contributed by atoms with E-state index in [0.717, 1.165) is 36.7 Å². The smallest absolute Gasteiger partial charge is 0.0942 e. The molecule has 0 amide bonds. The minimum atomic E-state index is 0.990. The minimum Gasteiger partial charge on any atom is -0.241 e. The second kappa shape index (κ2) is 8.15. The molecular weight excluding hydrogens is 452 g/mol. The zero-order chi connectivity index (χ0) is 22.5. The molecule has 0 spiro atoms. The molecule has 1 aliphatic rings. The van der Waals surface area contributed by atoms with Crippen molar-refractivity contribution >= 4 is 43.1 Å². The Morgan fingerprint density at radius 1 is 0.471 bits per heavy atom. The fourth-order valence-electron chi connectivity index (χ4n) is 4.97. The molecule has 2 nitrogen and oxygen atoms in total. The van der Waals surface area contributed by atoms with Crippen LogP contribution in [0.15, 0.2) is 84.9 Å². The van der Waals surface area contributed by atoms with Crippen molar-refractivity contribution in [3.63, 3.8) is 0 Å². The molecule has 2 aromatic heterocycles.